The third kappa shape index (κ3) is 1.45. The number of hydrogen-bond acceptors (Lipinski definition) is 3. The highest BCUT2D eigenvalue weighted by molar-refractivity contribution is 5.87. The minimum atomic E-state index is -0.984. The van der Waals surface area contributed by atoms with Crippen LogP contribution in [0.3, 0.4) is 0 Å². The van der Waals surface area contributed by atoms with Crippen LogP contribution >= 0.6 is 0 Å². The second-order valence-electron chi connectivity index (χ2n) is 2.38. The first-order valence-electron chi connectivity index (χ1n) is 3.40. The van der Waals surface area contributed by atoms with Gasteiger partial charge in [0.2, 0.25) is 0 Å². The van der Waals surface area contributed by atoms with Crippen molar-refractivity contribution in [2.45, 2.75) is 6.61 Å². The van der Waals surface area contributed by atoms with E-state index in [0.717, 1.165) is 0 Å². The first-order chi connectivity index (χ1) is 5.66. The second kappa shape index (κ2) is 3.36. The van der Waals surface area contributed by atoms with Crippen LogP contribution in [0.1, 0.15) is 16.1 Å². The summed E-state index contributed by atoms with van der Waals surface area (Å²) >= 11 is 0. The largest absolute Gasteiger partial charge is 0.477 e. The van der Waals surface area contributed by atoms with Crippen molar-refractivity contribution in [3.8, 4) is 0 Å². The molecule has 12 heavy (non-hydrogen) atoms. The monoisotopic (exact) mass is 170 g/mol. The third-order valence-corrected chi connectivity index (χ3v) is 1.52. The molecule has 0 atom stereocenters. The number of carbonyl (C=O) groups is 1. The number of aromatic carboxylic acids is 1. The Morgan fingerprint density at radius 2 is 2.50 bits per heavy atom. The average Bonchev–Trinajstić information content (AvgIpc) is 2.32. The minimum Gasteiger partial charge on any atom is -0.477 e. The highest BCUT2D eigenvalue weighted by Crippen LogP contribution is 2.07. The lowest BCUT2D eigenvalue weighted by Crippen LogP contribution is -2.08. The Bertz CT molecular complexity index is 293. The normalized spacial score (nSPS) is 10.2. The van der Waals surface area contributed by atoms with Crippen molar-refractivity contribution in [2.75, 3.05) is 7.11 Å². The molecule has 0 unspecified atom stereocenters. The van der Waals surface area contributed by atoms with Crippen LogP contribution in [0.25, 0.3) is 0 Å². The molecule has 0 aliphatic heterocycles. The quantitative estimate of drug-likeness (QED) is 0.706. The molecule has 1 rings (SSSR count). The van der Waals surface area contributed by atoms with Crippen molar-refractivity contribution in [3.63, 3.8) is 0 Å². The molecule has 0 radical (unpaired) electrons. The molecule has 1 heterocycles. The molecule has 0 saturated carbocycles. The maximum Gasteiger partial charge on any atom is 0.354 e. The molecule has 0 bridgehead atoms. The van der Waals surface area contributed by atoms with Gasteiger partial charge in [-0.05, 0) is 0 Å². The van der Waals surface area contributed by atoms with Crippen LogP contribution in [0.15, 0.2) is 6.20 Å². The Balaban J connectivity index is 3.04. The standard InChI is InChI=1S/C7H10N2O3/c1-9-6(7(10)11)5(3-8-9)4-12-2/h3H,4H2,1-2H3,(H,10,11). The molecule has 0 aliphatic carbocycles. The number of ether oxygens (including phenoxy) is 1. The van der Waals surface area contributed by atoms with E-state index in [9.17, 15) is 4.79 Å². The Labute approximate surface area is 69.6 Å². The summed E-state index contributed by atoms with van der Waals surface area (Å²) in [5.74, 6) is -0.984. The summed E-state index contributed by atoms with van der Waals surface area (Å²) in [5.41, 5.74) is 0.768. The molecule has 5 nitrogen and oxygen atoms in total. The lowest BCUT2D eigenvalue weighted by Gasteiger charge is -1.98. The molecule has 0 amide bonds. The third-order valence-electron chi connectivity index (χ3n) is 1.52. The Kier molecular flexibility index (Phi) is 2.44. The van der Waals surface area contributed by atoms with Gasteiger partial charge in [0.25, 0.3) is 0 Å². The summed E-state index contributed by atoms with van der Waals surface area (Å²) in [6, 6.07) is 0. The molecule has 1 aromatic heterocycles. The summed E-state index contributed by atoms with van der Waals surface area (Å²) in [6.45, 7) is 0.273. The number of carboxylic acid groups (broad SMARTS) is 1. The van der Waals surface area contributed by atoms with Crippen molar-refractivity contribution in [3.05, 3.63) is 17.5 Å². The van der Waals surface area contributed by atoms with Gasteiger partial charge in [0.05, 0.1) is 12.8 Å². The van der Waals surface area contributed by atoms with Crippen LogP contribution in [0.5, 0.6) is 0 Å². The van der Waals surface area contributed by atoms with Gasteiger partial charge in [-0.1, -0.05) is 0 Å². The average molecular weight is 170 g/mol. The van der Waals surface area contributed by atoms with E-state index in [-0.39, 0.29) is 12.3 Å². The van der Waals surface area contributed by atoms with Crippen molar-refractivity contribution in [1.82, 2.24) is 9.78 Å². The van der Waals surface area contributed by atoms with E-state index in [4.69, 9.17) is 9.84 Å². The number of carboxylic acids is 1. The van der Waals surface area contributed by atoms with E-state index in [2.05, 4.69) is 5.10 Å². The molecule has 0 aromatic carbocycles. The smallest absolute Gasteiger partial charge is 0.354 e. The number of hydrogen-bond donors (Lipinski definition) is 1. The van der Waals surface area contributed by atoms with E-state index in [0.29, 0.717) is 5.56 Å². The lowest BCUT2D eigenvalue weighted by molar-refractivity contribution is 0.0680. The predicted molar refractivity (Wildman–Crippen MR) is 40.9 cm³/mol. The van der Waals surface area contributed by atoms with Gasteiger partial charge in [-0.15, -0.1) is 0 Å². The zero-order chi connectivity index (χ0) is 9.14. The maximum absolute atomic E-state index is 10.7. The van der Waals surface area contributed by atoms with Gasteiger partial charge in [-0.25, -0.2) is 4.79 Å². The van der Waals surface area contributed by atoms with Crippen molar-refractivity contribution in [2.24, 2.45) is 7.05 Å². The van der Waals surface area contributed by atoms with Gasteiger partial charge in [0, 0.05) is 19.7 Å². The van der Waals surface area contributed by atoms with E-state index in [1.165, 1.54) is 18.0 Å². The molecule has 66 valence electrons. The van der Waals surface area contributed by atoms with Gasteiger partial charge in [0.15, 0.2) is 5.69 Å². The summed E-state index contributed by atoms with van der Waals surface area (Å²) in [4.78, 5) is 10.7. The van der Waals surface area contributed by atoms with Gasteiger partial charge < -0.3 is 9.84 Å². The predicted octanol–water partition coefficient (Wildman–Crippen LogP) is 0.265. The lowest BCUT2D eigenvalue weighted by atomic mass is 10.2. The van der Waals surface area contributed by atoms with E-state index in [1.54, 1.807) is 7.05 Å². The SMILES string of the molecule is COCc1cnn(C)c1C(=O)O. The van der Waals surface area contributed by atoms with Crippen LogP contribution < -0.4 is 0 Å². The fourth-order valence-electron chi connectivity index (χ4n) is 1.02. The highest BCUT2D eigenvalue weighted by atomic mass is 16.5. The summed E-state index contributed by atoms with van der Waals surface area (Å²) < 4.78 is 6.13. The number of rotatable bonds is 3. The van der Waals surface area contributed by atoms with Crippen LogP contribution in [0.4, 0.5) is 0 Å². The first-order valence-corrected chi connectivity index (χ1v) is 3.40. The van der Waals surface area contributed by atoms with Crippen molar-refractivity contribution in [1.29, 1.82) is 0 Å². The first kappa shape index (κ1) is 8.73. The number of methoxy groups -OCH3 is 1. The van der Waals surface area contributed by atoms with Crippen LogP contribution in [0.2, 0.25) is 0 Å². The van der Waals surface area contributed by atoms with Gasteiger partial charge >= 0.3 is 5.97 Å². The topological polar surface area (TPSA) is 64.4 Å². The fraction of sp³-hybridized carbons (Fsp3) is 0.429. The van der Waals surface area contributed by atoms with Gasteiger partial charge in [0.1, 0.15) is 0 Å². The molecule has 0 aliphatic rings. The van der Waals surface area contributed by atoms with Gasteiger partial charge in [-0.3, -0.25) is 4.68 Å². The second-order valence-corrected chi connectivity index (χ2v) is 2.38. The Morgan fingerprint density at radius 3 is 3.00 bits per heavy atom. The molecule has 0 fully saturated rings. The zero-order valence-corrected chi connectivity index (χ0v) is 6.94. The fourth-order valence-corrected chi connectivity index (χ4v) is 1.02. The summed E-state index contributed by atoms with van der Waals surface area (Å²) in [7, 11) is 3.10. The van der Waals surface area contributed by atoms with Crippen LogP contribution in [-0.4, -0.2) is 28.0 Å². The molecule has 0 saturated heterocycles. The molecule has 5 heteroatoms. The summed E-state index contributed by atoms with van der Waals surface area (Å²) in [5, 5.41) is 12.6. The van der Waals surface area contributed by atoms with E-state index < -0.39 is 5.97 Å². The zero-order valence-electron chi connectivity index (χ0n) is 6.94. The van der Waals surface area contributed by atoms with Crippen molar-refractivity contribution < 1.29 is 14.6 Å². The number of aryl methyl sites for hydroxylation is 1. The van der Waals surface area contributed by atoms with E-state index in [1.807, 2.05) is 0 Å². The molecule has 1 N–H and O–H groups in total. The number of nitrogens with zero attached hydrogens (tertiary/aromatic N) is 2. The molecule has 1 aromatic rings. The number of aromatic nitrogens is 2. The molecule has 0 spiro atoms. The Hall–Kier alpha value is -1.36. The minimum absolute atomic E-state index is 0.178. The van der Waals surface area contributed by atoms with Crippen molar-refractivity contribution >= 4 is 5.97 Å². The van der Waals surface area contributed by atoms with Gasteiger partial charge in [-0.2, -0.15) is 5.10 Å². The Morgan fingerprint density at radius 1 is 1.83 bits per heavy atom. The maximum atomic E-state index is 10.7. The van der Waals surface area contributed by atoms with Crippen LogP contribution in [0, 0.1) is 0 Å². The molecular weight excluding hydrogens is 160 g/mol. The highest BCUT2D eigenvalue weighted by Gasteiger charge is 2.14. The molecular formula is C7H10N2O3. The van der Waals surface area contributed by atoms with Crippen LogP contribution in [-0.2, 0) is 18.4 Å². The van der Waals surface area contributed by atoms with E-state index >= 15 is 0 Å². The summed E-state index contributed by atoms with van der Waals surface area (Å²) in [6.07, 6.45) is 1.49.